The van der Waals surface area contributed by atoms with Crippen molar-refractivity contribution in [1.82, 2.24) is 9.97 Å². The van der Waals surface area contributed by atoms with Gasteiger partial charge in [-0.1, -0.05) is 85.0 Å². The summed E-state index contributed by atoms with van der Waals surface area (Å²) in [6.07, 6.45) is 18.4. The zero-order chi connectivity index (χ0) is 23.7. The average molecular weight is 457 g/mol. The van der Waals surface area contributed by atoms with Crippen LogP contribution in [0, 0.1) is 5.92 Å². The lowest BCUT2D eigenvalue weighted by atomic mass is 10.0. The fourth-order valence-electron chi connectivity index (χ4n) is 3.96. The molecule has 2 aromatic rings. The molecule has 0 N–H and O–H groups in total. The summed E-state index contributed by atoms with van der Waals surface area (Å²) in [5, 5.41) is 0. The van der Waals surface area contributed by atoms with Gasteiger partial charge < -0.3 is 4.74 Å². The van der Waals surface area contributed by atoms with E-state index < -0.39 is 6.17 Å². The highest BCUT2D eigenvalue weighted by Gasteiger charge is 2.09. The molecule has 4 heteroatoms. The number of nitrogens with zero attached hydrogens (tertiary/aromatic N) is 2. The fourth-order valence-corrected chi connectivity index (χ4v) is 3.96. The molecule has 3 nitrogen and oxygen atoms in total. The van der Waals surface area contributed by atoms with Crippen molar-refractivity contribution in [3.63, 3.8) is 0 Å². The predicted octanol–water partition coefficient (Wildman–Crippen LogP) is 8.76. The Kier molecular flexibility index (Phi) is 13.7. The van der Waals surface area contributed by atoms with E-state index in [1.807, 2.05) is 36.7 Å². The summed E-state index contributed by atoms with van der Waals surface area (Å²) in [5.41, 5.74) is 2.15. The van der Waals surface area contributed by atoms with Gasteiger partial charge in [0.15, 0.2) is 5.82 Å². The molecule has 0 amide bonds. The summed E-state index contributed by atoms with van der Waals surface area (Å²) >= 11 is 0. The molecule has 1 heterocycles. The lowest BCUT2D eigenvalue weighted by molar-refractivity contribution is 0.182. The molecule has 0 saturated carbocycles. The maximum Gasteiger partial charge on any atom is 0.159 e. The predicted molar refractivity (Wildman–Crippen MR) is 137 cm³/mol. The van der Waals surface area contributed by atoms with Gasteiger partial charge >= 0.3 is 0 Å². The van der Waals surface area contributed by atoms with Crippen molar-refractivity contribution in [2.75, 3.05) is 6.61 Å². The molecule has 1 aromatic heterocycles. The second-order valence-corrected chi connectivity index (χ2v) is 9.52. The fraction of sp³-hybridized carbons (Fsp3) is 0.655. The summed E-state index contributed by atoms with van der Waals surface area (Å²) in [7, 11) is 0. The lowest BCUT2D eigenvalue weighted by Crippen LogP contribution is -2.13. The number of halogens is 1. The third-order valence-electron chi connectivity index (χ3n) is 6.48. The van der Waals surface area contributed by atoms with Gasteiger partial charge in [-0.15, -0.1) is 0 Å². The van der Waals surface area contributed by atoms with Crippen molar-refractivity contribution < 1.29 is 9.13 Å². The third-order valence-corrected chi connectivity index (χ3v) is 6.48. The van der Waals surface area contributed by atoms with Crippen LogP contribution in [0.25, 0.3) is 11.4 Å². The molecule has 0 bridgehead atoms. The van der Waals surface area contributed by atoms with Crippen LogP contribution in [-0.2, 0) is 6.42 Å². The standard InChI is InChI=1S/C29H45FN2O/c1-4-6-7-8-9-10-11-12-15-25-21-31-29(32-22-25)26-17-19-28(20-18-26)33-23-27(30)16-13-14-24(3)5-2/h17-22,24,27H,4-16,23H2,1-3H3/t24-,27-/m0/s1. The van der Waals surface area contributed by atoms with Gasteiger partial charge in [0.1, 0.15) is 18.5 Å². The van der Waals surface area contributed by atoms with Crippen LogP contribution in [0.15, 0.2) is 36.7 Å². The van der Waals surface area contributed by atoms with Crippen molar-refractivity contribution >= 4 is 0 Å². The Morgan fingerprint density at radius 3 is 2.09 bits per heavy atom. The number of alkyl halides is 1. The van der Waals surface area contributed by atoms with Crippen molar-refractivity contribution in [1.29, 1.82) is 0 Å². The minimum Gasteiger partial charge on any atom is -0.491 e. The number of aromatic nitrogens is 2. The largest absolute Gasteiger partial charge is 0.491 e. The lowest BCUT2D eigenvalue weighted by Gasteiger charge is -2.12. The topological polar surface area (TPSA) is 35.0 Å². The first-order valence-electron chi connectivity index (χ1n) is 13.3. The minimum absolute atomic E-state index is 0.115. The zero-order valence-electron chi connectivity index (χ0n) is 21.2. The molecule has 0 unspecified atom stereocenters. The summed E-state index contributed by atoms with van der Waals surface area (Å²) in [6.45, 7) is 6.78. The maximum atomic E-state index is 14.1. The molecule has 2 atom stereocenters. The van der Waals surface area contributed by atoms with Crippen molar-refractivity contribution in [3.8, 4) is 17.1 Å². The molecule has 184 valence electrons. The van der Waals surface area contributed by atoms with Gasteiger partial charge in [-0.25, -0.2) is 14.4 Å². The van der Waals surface area contributed by atoms with Crippen LogP contribution in [0.3, 0.4) is 0 Å². The normalized spacial score (nSPS) is 13.1. The van der Waals surface area contributed by atoms with E-state index in [0.717, 1.165) is 37.1 Å². The average Bonchev–Trinajstić information content (AvgIpc) is 2.85. The van der Waals surface area contributed by atoms with E-state index in [1.165, 1.54) is 56.9 Å². The molecule has 0 aliphatic rings. The van der Waals surface area contributed by atoms with Crippen LogP contribution >= 0.6 is 0 Å². The summed E-state index contributed by atoms with van der Waals surface area (Å²) < 4.78 is 19.7. The van der Waals surface area contributed by atoms with E-state index >= 15 is 0 Å². The quantitative estimate of drug-likeness (QED) is 0.210. The van der Waals surface area contributed by atoms with Crippen LogP contribution in [0.2, 0.25) is 0 Å². The molecule has 0 aliphatic carbocycles. The minimum atomic E-state index is -0.911. The number of benzene rings is 1. The van der Waals surface area contributed by atoms with Gasteiger partial charge in [0.25, 0.3) is 0 Å². The van der Waals surface area contributed by atoms with E-state index in [0.29, 0.717) is 18.1 Å². The van der Waals surface area contributed by atoms with Crippen molar-refractivity contribution in [3.05, 3.63) is 42.2 Å². The Morgan fingerprint density at radius 2 is 1.45 bits per heavy atom. The first-order chi connectivity index (χ1) is 16.1. The van der Waals surface area contributed by atoms with Crippen LogP contribution in [-0.4, -0.2) is 22.7 Å². The zero-order valence-corrected chi connectivity index (χ0v) is 21.2. The van der Waals surface area contributed by atoms with Crippen molar-refractivity contribution in [2.45, 2.75) is 110 Å². The smallest absolute Gasteiger partial charge is 0.159 e. The van der Waals surface area contributed by atoms with Gasteiger partial charge in [0.2, 0.25) is 0 Å². The van der Waals surface area contributed by atoms with Gasteiger partial charge in [-0.05, 0) is 55.0 Å². The molecule has 0 aliphatic heterocycles. The third kappa shape index (κ3) is 11.6. The van der Waals surface area contributed by atoms with Gasteiger partial charge in [0, 0.05) is 18.0 Å². The highest BCUT2D eigenvalue weighted by atomic mass is 19.1. The molecule has 1 aromatic carbocycles. The van der Waals surface area contributed by atoms with E-state index in [2.05, 4.69) is 30.7 Å². The molecule has 0 fully saturated rings. The Labute approximate surface area is 201 Å². The molecular weight excluding hydrogens is 411 g/mol. The number of aryl methyl sites for hydroxylation is 1. The molecule has 0 saturated heterocycles. The molecule has 0 spiro atoms. The highest BCUT2D eigenvalue weighted by molar-refractivity contribution is 5.55. The SMILES string of the molecule is CCCCCCCCCCc1cnc(-c2ccc(OC[C@@H](F)CCC[C@@H](C)CC)cc2)nc1. The van der Waals surface area contributed by atoms with Crippen LogP contribution in [0.1, 0.15) is 103 Å². The van der Waals surface area contributed by atoms with E-state index in [9.17, 15) is 4.39 Å². The van der Waals surface area contributed by atoms with Gasteiger partial charge in [-0.3, -0.25) is 0 Å². The maximum absolute atomic E-state index is 14.1. The highest BCUT2D eigenvalue weighted by Crippen LogP contribution is 2.21. The second kappa shape index (κ2) is 16.6. The monoisotopic (exact) mass is 456 g/mol. The van der Waals surface area contributed by atoms with Gasteiger partial charge in [-0.2, -0.15) is 0 Å². The molecule has 0 radical (unpaired) electrons. The summed E-state index contributed by atoms with van der Waals surface area (Å²) in [4.78, 5) is 9.09. The first-order valence-corrected chi connectivity index (χ1v) is 13.3. The van der Waals surface area contributed by atoms with E-state index in [-0.39, 0.29) is 6.61 Å². The number of hydrogen-bond acceptors (Lipinski definition) is 3. The van der Waals surface area contributed by atoms with Crippen LogP contribution in [0.4, 0.5) is 4.39 Å². The second-order valence-electron chi connectivity index (χ2n) is 9.52. The first kappa shape index (κ1) is 27.3. The summed E-state index contributed by atoms with van der Waals surface area (Å²) in [5.74, 6) is 2.08. The van der Waals surface area contributed by atoms with Crippen LogP contribution < -0.4 is 4.74 Å². The van der Waals surface area contributed by atoms with Crippen molar-refractivity contribution in [2.24, 2.45) is 5.92 Å². The van der Waals surface area contributed by atoms with E-state index in [4.69, 9.17) is 4.74 Å². The van der Waals surface area contributed by atoms with Crippen LogP contribution in [0.5, 0.6) is 5.75 Å². The Bertz CT molecular complexity index is 732. The molecule has 2 rings (SSSR count). The number of rotatable bonds is 18. The Morgan fingerprint density at radius 1 is 0.818 bits per heavy atom. The Balaban J connectivity index is 1.67. The molecule has 33 heavy (non-hydrogen) atoms. The molecular formula is C29H45FN2O. The van der Waals surface area contributed by atoms with E-state index in [1.54, 1.807) is 0 Å². The van der Waals surface area contributed by atoms with Gasteiger partial charge in [0.05, 0.1) is 0 Å². The number of unbranched alkanes of at least 4 members (excludes halogenated alkanes) is 7. The summed E-state index contributed by atoms with van der Waals surface area (Å²) in [6, 6.07) is 7.64. The number of hydrogen-bond donors (Lipinski definition) is 0. The number of ether oxygens (including phenoxy) is 1. The Hall–Kier alpha value is -1.97.